The number of allylic oxidation sites excluding steroid dienone is 8. The Morgan fingerprint density at radius 1 is 0.585 bits per heavy atom. The first kappa shape index (κ1) is 26.0. The van der Waals surface area contributed by atoms with Gasteiger partial charge in [-0.2, -0.15) is 21.0 Å². The molecule has 0 aromatic carbocycles. The maximum atomic E-state index is 9.28. The molecule has 3 aromatic rings. The van der Waals surface area contributed by atoms with Gasteiger partial charge in [-0.05, 0) is 85.1 Å². The summed E-state index contributed by atoms with van der Waals surface area (Å²) in [6, 6.07) is 15.5. The molecule has 0 saturated heterocycles. The van der Waals surface area contributed by atoms with Crippen LogP contribution in [0.25, 0.3) is 32.4 Å². The molecule has 41 heavy (non-hydrogen) atoms. The Morgan fingerprint density at radius 2 is 1.00 bits per heavy atom. The molecular weight excluding hydrogens is 536 g/mol. The van der Waals surface area contributed by atoms with Gasteiger partial charge in [-0.25, -0.2) is 0 Å². The third-order valence-corrected chi connectivity index (χ3v) is 8.44. The number of fused-ring (bicyclic) bond motifs is 1. The van der Waals surface area contributed by atoms with E-state index in [0.29, 0.717) is 60.6 Å². The third-order valence-electron chi connectivity index (χ3n) is 7.26. The van der Waals surface area contributed by atoms with E-state index in [1.54, 1.807) is 0 Å². The standard InChI is InChI=1S/C32H22N4O4S/c33-15-23(16-34)19-3-1-5-21(13-19)25-7-9-27(39-25)31-29-30(38-12-11-37-29)32(41-31)28-10-8-26(40-28)22-6-2-4-20(14-22)24(17-35)18-36/h7-10,13-14H,1-6,11-12H2. The average molecular weight is 559 g/mol. The molecule has 1 aliphatic heterocycles. The second kappa shape index (κ2) is 11.1. The van der Waals surface area contributed by atoms with Gasteiger partial charge in [-0.15, -0.1) is 11.3 Å². The van der Waals surface area contributed by atoms with E-state index in [9.17, 15) is 21.0 Å². The fourth-order valence-electron chi connectivity index (χ4n) is 5.31. The molecule has 0 unspecified atom stereocenters. The molecule has 8 nitrogen and oxygen atoms in total. The Labute approximate surface area is 240 Å². The average Bonchev–Trinajstić information content (AvgIpc) is 3.78. The van der Waals surface area contributed by atoms with Crippen molar-refractivity contribution in [3.8, 4) is 57.1 Å². The lowest BCUT2D eigenvalue weighted by molar-refractivity contribution is 0.174. The van der Waals surface area contributed by atoms with Crippen LogP contribution in [0.3, 0.4) is 0 Å². The summed E-state index contributed by atoms with van der Waals surface area (Å²) in [5.74, 6) is 3.87. The number of nitriles is 4. The number of hydrogen-bond donors (Lipinski definition) is 0. The molecule has 0 fully saturated rings. The van der Waals surface area contributed by atoms with E-state index >= 15 is 0 Å². The largest absolute Gasteiger partial charge is 0.484 e. The van der Waals surface area contributed by atoms with Crippen LogP contribution < -0.4 is 9.47 Å². The summed E-state index contributed by atoms with van der Waals surface area (Å²) in [6.45, 7) is 0.833. The van der Waals surface area contributed by atoms with Gasteiger partial charge in [0.05, 0.1) is 0 Å². The Hall–Kier alpha value is -5.22. The molecule has 3 aromatic heterocycles. The van der Waals surface area contributed by atoms with Crippen LogP contribution in [0.1, 0.15) is 50.0 Å². The highest BCUT2D eigenvalue weighted by molar-refractivity contribution is 7.19. The van der Waals surface area contributed by atoms with Crippen LogP contribution in [0, 0.1) is 45.3 Å². The van der Waals surface area contributed by atoms with Crippen molar-refractivity contribution in [3.63, 3.8) is 0 Å². The zero-order chi connectivity index (χ0) is 28.3. The maximum absolute atomic E-state index is 9.28. The van der Waals surface area contributed by atoms with Crippen molar-refractivity contribution in [1.82, 2.24) is 0 Å². The summed E-state index contributed by atoms with van der Waals surface area (Å²) >= 11 is 1.46. The second-order valence-electron chi connectivity index (χ2n) is 9.74. The summed E-state index contributed by atoms with van der Waals surface area (Å²) in [4.78, 5) is 1.58. The van der Waals surface area contributed by atoms with E-state index in [4.69, 9.17) is 18.3 Å². The fraction of sp³-hybridized carbons (Fsp3) is 0.250. The maximum Gasteiger partial charge on any atom is 0.183 e. The quantitative estimate of drug-likeness (QED) is 0.295. The number of hydrogen-bond acceptors (Lipinski definition) is 9. The van der Waals surface area contributed by atoms with Crippen molar-refractivity contribution < 1.29 is 18.3 Å². The molecule has 9 heteroatoms. The van der Waals surface area contributed by atoms with Crippen molar-refractivity contribution in [1.29, 1.82) is 21.0 Å². The molecule has 0 saturated carbocycles. The molecule has 200 valence electrons. The SMILES string of the molecule is N#CC(C#N)=C1C=C(c2ccc(-c3sc(-c4ccc(C5=CC(=C(C#N)C#N)CCC5)o4)c4c3OCCO4)o2)CCC1. The minimum atomic E-state index is 0.140. The Balaban J connectivity index is 1.35. The van der Waals surface area contributed by atoms with Crippen LogP contribution in [0.2, 0.25) is 0 Å². The van der Waals surface area contributed by atoms with Crippen LogP contribution in [-0.2, 0) is 0 Å². The smallest absolute Gasteiger partial charge is 0.183 e. The summed E-state index contributed by atoms with van der Waals surface area (Å²) in [7, 11) is 0. The molecule has 0 radical (unpaired) electrons. The van der Waals surface area contributed by atoms with Gasteiger partial charge < -0.3 is 18.3 Å². The molecule has 0 spiro atoms. The normalized spacial score (nSPS) is 16.0. The molecule has 3 aliphatic rings. The van der Waals surface area contributed by atoms with Crippen LogP contribution in [0.5, 0.6) is 11.5 Å². The predicted molar refractivity (Wildman–Crippen MR) is 151 cm³/mol. The van der Waals surface area contributed by atoms with Gasteiger partial charge in [-0.3, -0.25) is 0 Å². The summed E-state index contributed by atoms with van der Waals surface area (Å²) < 4.78 is 24.7. The second-order valence-corrected chi connectivity index (χ2v) is 10.8. The topological polar surface area (TPSA) is 140 Å². The fourth-order valence-corrected chi connectivity index (χ4v) is 6.42. The molecule has 0 N–H and O–H groups in total. The lowest BCUT2D eigenvalue weighted by Gasteiger charge is -2.16. The first-order chi connectivity index (χ1) is 20.1. The molecule has 2 aliphatic carbocycles. The molecule has 0 amide bonds. The van der Waals surface area contributed by atoms with Crippen molar-refractivity contribution >= 4 is 22.5 Å². The lowest BCUT2D eigenvalue weighted by Crippen LogP contribution is -2.14. The van der Waals surface area contributed by atoms with Crippen LogP contribution >= 0.6 is 11.3 Å². The summed E-state index contributed by atoms with van der Waals surface area (Å²) in [6.07, 6.45) is 8.43. The van der Waals surface area contributed by atoms with Crippen LogP contribution in [0.15, 0.2) is 67.5 Å². The van der Waals surface area contributed by atoms with Gasteiger partial charge in [0.15, 0.2) is 11.5 Å². The van der Waals surface area contributed by atoms with Gasteiger partial charge in [0, 0.05) is 0 Å². The summed E-state index contributed by atoms with van der Waals surface area (Å²) in [5, 5.41) is 37.1. The van der Waals surface area contributed by atoms with Crippen molar-refractivity contribution in [2.75, 3.05) is 13.2 Å². The highest BCUT2D eigenvalue weighted by atomic mass is 32.1. The van der Waals surface area contributed by atoms with E-state index in [1.807, 2.05) is 60.7 Å². The number of furan rings is 2. The summed E-state index contributed by atoms with van der Waals surface area (Å²) in [5.41, 5.74) is 3.65. The molecule has 0 atom stereocenters. The molecule has 0 bridgehead atoms. The van der Waals surface area contributed by atoms with Crippen molar-refractivity contribution in [3.05, 3.63) is 70.2 Å². The van der Waals surface area contributed by atoms with Gasteiger partial charge in [0.1, 0.15) is 81.4 Å². The minimum Gasteiger partial charge on any atom is -0.484 e. The first-order valence-electron chi connectivity index (χ1n) is 13.2. The van der Waals surface area contributed by atoms with E-state index in [2.05, 4.69) is 0 Å². The van der Waals surface area contributed by atoms with Crippen molar-refractivity contribution in [2.45, 2.75) is 38.5 Å². The molecule has 4 heterocycles. The zero-order valence-corrected chi connectivity index (χ0v) is 22.8. The molecular formula is C32H22N4O4S. The van der Waals surface area contributed by atoms with E-state index in [0.717, 1.165) is 57.7 Å². The van der Waals surface area contributed by atoms with E-state index in [1.165, 1.54) is 11.3 Å². The van der Waals surface area contributed by atoms with Gasteiger partial charge in [0.2, 0.25) is 0 Å². The predicted octanol–water partition coefficient (Wildman–Crippen LogP) is 7.86. The Kier molecular flexibility index (Phi) is 7.05. The van der Waals surface area contributed by atoms with E-state index < -0.39 is 0 Å². The third kappa shape index (κ3) is 4.85. The van der Waals surface area contributed by atoms with Gasteiger partial charge in [0.25, 0.3) is 0 Å². The monoisotopic (exact) mass is 558 g/mol. The Bertz CT molecular complexity index is 1680. The van der Waals surface area contributed by atoms with Gasteiger partial charge >= 0.3 is 0 Å². The number of rotatable bonds is 4. The van der Waals surface area contributed by atoms with Crippen LogP contribution in [-0.4, -0.2) is 13.2 Å². The van der Waals surface area contributed by atoms with E-state index in [-0.39, 0.29) is 11.1 Å². The first-order valence-corrected chi connectivity index (χ1v) is 14.1. The highest BCUT2D eigenvalue weighted by Crippen LogP contribution is 2.54. The van der Waals surface area contributed by atoms with Crippen molar-refractivity contribution in [2.24, 2.45) is 0 Å². The highest BCUT2D eigenvalue weighted by Gasteiger charge is 2.30. The van der Waals surface area contributed by atoms with Gasteiger partial charge in [-0.1, -0.05) is 12.2 Å². The lowest BCUT2D eigenvalue weighted by atomic mass is 9.91. The zero-order valence-electron chi connectivity index (χ0n) is 22.0. The molecule has 6 rings (SSSR count). The number of thiophene rings is 1. The minimum absolute atomic E-state index is 0.140. The Morgan fingerprint density at radius 3 is 1.41 bits per heavy atom. The van der Waals surface area contributed by atoms with Crippen LogP contribution in [0.4, 0.5) is 0 Å². The number of nitrogens with zero attached hydrogens (tertiary/aromatic N) is 4. The number of ether oxygens (including phenoxy) is 2.